The molecule has 8 heteroatoms. The molecule has 1 atom stereocenters. The van der Waals surface area contributed by atoms with E-state index >= 15 is 0 Å². The molecule has 0 bridgehead atoms. The molecule has 2 heterocycles. The van der Waals surface area contributed by atoms with Gasteiger partial charge in [-0.3, -0.25) is 19.5 Å². The molecule has 2 aromatic carbocycles. The quantitative estimate of drug-likeness (QED) is 0.428. The molecule has 0 unspecified atom stereocenters. The minimum atomic E-state index is -0.461. The lowest BCUT2D eigenvalue weighted by molar-refractivity contribution is -0.126. The number of pyridine rings is 1. The lowest BCUT2D eigenvalue weighted by Crippen LogP contribution is -2.43. The first kappa shape index (κ1) is 22.3. The Balaban J connectivity index is 1.44. The summed E-state index contributed by atoms with van der Waals surface area (Å²) >= 11 is 6.89. The van der Waals surface area contributed by atoms with Gasteiger partial charge in [0.15, 0.2) is 0 Å². The number of nitrogens with zero attached hydrogens (tertiary/aromatic N) is 2. The molecule has 0 saturated carbocycles. The molecule has 5 nitrogen and oxygen atoms in total. The van der Waals surface area contributed by atoms with Crippen LogP contribution in [0.3, 0.4) is 0 Å². The number of amides is 2. The average molecular weight is 471 g/mol. The lowest BCUT2D eigenvalue weighted by Gasteiger charge is -2.25. The topological polar surface area (TPSA) is 59.5 Å². The molecule has 32 heavy (non-hydrogen) atoms. The van der Waals surface area contributed by atoms with E-state index in [0.717, 1.165) is 28.5 Å². The van der Waals surface area contributed by atoms with Gasteiger partial charge >= 0.3 is 0 Å². The van der Waals surface area contributed by atoms with Gasteiger partial charge in [-0.2, -0.15) is 0 Å². The molecule has 1 saturated heterocycles. The second kappa shape index (κ2) is 10.1. The van der Waals surface area contributed by atoms with Gasteiger partial charge in [0.2, 0.25) is 5.91 Å². The number of imide groups is 1. The van der Waals surface area contributed by atoms with Gasteiger partial charge in [-0.1, -0.05) is 47.6 Å². The van der Waals surface area contributed by atoms with Crippen LogP contribution in [0.25, 0.3) is 11.1 Å². The van der Waals surface area contributed by atoms with Crippen molar-refractivity contribution in [1.29, 1.82) is 0 Å². The molecule has 0 N–H and O–H groups in total. The Morgan fingerprint density at radius 1 is 1.12 bits per heavy atom. The van der Waals surface area contributed by atoms with Gasteiger partial charge in [-0.15, -0.1) is 0 Å². The van der Waals surface area contributed by atoms with Gasteiger partial charge in [0.1, 0.15) is 18.2 Å². The number of benzene rings is 2. The minimum absolute atomic E-state index is 0.0668. The summed E-state index contributed by atoms with van der Waals surface area (Å²) in [6.45, 7) is 0.194. The summed E-state index contributed by atoms with van der Waals surface area (Å²) in [5.41, 5.74) is 2.70. The number of carbonyl (C=O) groups excluding carboxylic acids is 2. The maximum atomic E-state index is 13.4. The number of aromatic nitrogens is 1. The van der Waals surface area contributed by atoms with Crippen molar-refractivity contribution in [3.05, 3.63) is 83.4 Å². The molecule has 1 aliphatic rings. The van der Waals surface area contributed by atoms with Crippen LogP contribution in [0.1, 0.15) is 12.0 Å². The van der Waals surface area contributed by atoms with Crippen LogP contribution in [-0.4, -0.2) is 39.4 Å². The van der Waals surface area contributed by atoms with Crippen LogP contribution < -0.4 is 4.74 Å². The zero-order chi connectivity index (χ0) is 22.5. The second-order valence-corrected chi connectivity index (χ2v) is 8.67. The second-order valence-electron chi connectivity index (χ2n) is 7.34. The van der Waals surface area contributed by atoms with Gasteiger partial charge in [0, 0.05) is 12.4 Å². The molecule has 1 aliphatic heterocycles. The van der Waals surface area contributed by atoms with Crippen molar-refractivity contribution in [2.24, 2.45) is 0 Å². The van der Waals surface area contributed by atoms with E-state index in [1.54, 1.807) is 36.7 Å². The third-order valence-electron chi connectivity index (χ3n) is 5.19. The van der Waals surface area contributed by atoms with E-state index in [2.05, 4.69) is 4.98 Å². The van der Waals surface area contributed by atoms with E-state index in [1.807, 2.05) is 24.3 Å². The fourth-order valence-corrected chi connectivity index (χ4v) is 4.45. The van der Waals surface area contributed by atoms with Crippen LogP contribution in [0, 0.1) is 5.82 Å². The van der Waals surface area contributed by atoms with Crippen LogP contribution in [0.4, 0.5) is 9.18 Å². The predicted octanol–water partition coefficient (Wildman–Crippen LogP) is 5.62. The lowest BCUT2D eigenvalue weighted by atomic mass is 10.1. The number of rotatable bonds is 8. The predicted molar refractivity (Wildman–Crippen MR) is 123 cm³/mol. The summed E-state index contributed by atoms with van der Waals surface area (Å²) in [7, 11) is 0. The summed E-state index contributed by atoms with van der Waals surface area (Å²) in [6, 6.07) is 15.3. The van der Waals surface area contributed by atoms with Gasteiger partial charge < -0.3 is 4.74 Å². The maximum absolute atomic E-state index is 13.4. The zero-order valence-electron chi connectivity index (χ0n) is 17.0. The van der Waals surface area contributed by atoms with Gasteiger partial charge in [0.05, 0.1) is 16.8 Å². The molecule has 4 rings (SSSR count). The van der Waals surface area contributed by atoms with E-state index in [0.29, 0.717) is 18.6 Å². The maximum Gasteiger partial charge on any atom is 0.289 e. The van der Waals surface area contributed by atoms with Crippen molar-refractivity contribution >= 4 is 34.5 Å². The van der Waals surface area contributed by atoms with Crippen LogP contribution in [0.2, 0.25) is 5.02 Å². The van der Waals surface area contributed by atoms with Crippen molar-refractivity contribution < 1.29 is 18.7 Å². The third kappa shape index (κ3) is 5.29. The monoisotopic (exact) mass is 470 g/mol. The van der Waals surface area contributed by atoms with Crippen molar-refractivity contribution in [1.82, 2.24) is 9.88 Å². The molecule has 2 amide bonds. The third-order valence-corrected chi connectivity index (χ3v) is 6.31. The minimum Gasteiger partial charge on any atom is -0.491 e. The SMILES string of the molecule is O=C1CSC(=O)N1[C@H](CCc1cccnc1)COc1ccc(-c2ccc(F)c(Cl)c2)cc1. The van der Waals surface area contributed by atoms with Crippen molar-refractivity contribution in [3.8, 4) is 16.9 Å². The Labute approximate surface area is 194 Å². The van der Waals surface area contributed by atoms with Crippen molar-refractivity contribution in [2.75, 3.05) is 12.4 Å². The molecule has 3 aromatic rings. The Morgan fingerprint density at radius 3 is 2.56 bits per heavy atom. The smallest absolute Gasteiger partial charge is 0.289 e. The van der Waals surface area contributed by atoms with E-state index < -0.39 is 5.82 Å². The summed E-state index contributed by atoms with van der Waals surface area (Å²) < 4.78 is 19.3. The molecule has 1 fully saturated rings. The summed E-state index contributed by atoms with van der Waals surface area (Å²) in [4.78, 5) is 30.0. The summed E-state index contributed by atoms with van der Waals surface area (Å²) in [6.07, 6.45) is 4.74. The number of hydrogen-bond donors (Lipinski definition) is 0. The Kier molecular flexibility index (Phi) is 7.07. The largest absolute Gasteiger partial charge is 0.491 e. The highest BCUT2D eigenvalue weighted by molar-refractivity contribution is 8.14. The number of ether oxygens (including phenoxy) is 1. The van der Waals surface area contributed by atoms with Crippen LogP contribution >= 0.6 is 23.4 Å². The number of carbonyl (C=O) groups is 2. The van der Waals surface area contributed by atoms with Crippen molar-refractivity contribution in [2.45, 2.75) is 18.9 Å². The van der Waals surface area contributed by atoms with Gasteiger partial charge in [-0.05, 0) is 59.9 Å². The van der Waals surface area contributed by atoms with Gasteiger partial charge in [-0.25, -0.2) is 4.39 Å². The number of aryl methyl sites for hydroxylation is 1. The molecule has 164 valence electrons. The van der Waals surface area contributed by atoms with Crippen LogP contribution in [0.5, 0.6) is 5.75 Å². The Morgan fingerprint density at radius 2 is 1.91 bits per heavy atom. The molecular weight excluding hydrogens is 451 g/mol. The first-order valence-corrected chi connectivity index (χ1v) is 11.4. The molecule has 0 spiro atoms. The number of halogens is 2. The Hall–Kier alpha value is -2.90. The van der Waals surface area contributed by atoms with E-state index in [4.69, 9.17) is 16.3 Å². The van der Waals surface area contributed by atoms with Crippen LogP contribution in [-0.2, 0) is 11.2 Å². The standard InChI is InChI=1S/C24H20ClFN2O3S/c25-21-12-18(6-10-22(21)26)17-4-8-20(9-5-17)31-14-19(28-23(29)15-32-24(28)30)7-3-16-2-1-11-27-13-16/h1-2,4-6,8-13,19H,3,7,14-15H2/t19-/m1/s1. The molecule has 0 aliphatic carbocycles. The fourth-order valence-electron chi connectivity index (χ4n) is 3.50. The Bertz CT molecular complexity index is 1100. The average Bonchev–Trinajstić information content (AvgIpc) is 3.15. The van der Waals surface area contributed by atoms with E-state index in [1.165, 1.54) is 11.0 Å². The first-order valence-electron chi connectivity index (χ1n) is 10.1. The van der Waals surface area contributed by atoms with Crippen LogP contribution in [0.15, 0.2) is 67.0 Å². The fraction of sp³-hybridized carbons (Fsp3) is 0.208. The highest BCUT2D eigenvalue weighted by atomic mass is 35.5. The van der Waals surface area contributed by atoms with E-state index in [-0.39, 0.29) is 34.6 Å². The van der Waals surface area contributed by atoms with Gasteiger partial charge in [0.25, 0.3) is 5.24 Å². The molecule has 0 radical (unpaired) electrons. The zero-order valence-corrected chi connectivity index (χ0v) is 18.6. The highest BCUT2D eigenvalue weighted by Crippen LogP contribution is 2.28. The number of thioether (sulfide) groups is 1. The number of hydrogen-bond acceptors (Lipinski definition) is 5. The summed E-state index contributed by atoms with van der Waals surface area (Å²) in [5, 5.41) is -0.171. The van der Waals surface area contributed by atoms with E-state index in [9.17, 15) is 14.0 Å². The molecule has 1 aromatic heterocycles. The highest BCUT2D eigenvalue weighted by Gasteiger charge is 2.36. The molecular formula is C24H20ClFN2O3S. The first-order chi connectivity index (χ1) is 15.5. The van der Waals surface area contributed by atoms with Crippen molar-refractivity contribution in [3.63, 3.8) is 0 Å². The normalized spacial score (nSPS) is 14.6. The summed E-state index contributed by atoms with van der Waals surface area (Å²) in [5.74, 6) is 0.122.